The van der Waals surface area contributed by atoms with E-state index in [1.165, 1.54) is 0 Å². The number of halogens is 2. The molecule has 0 saturated heterocycles. The first kappa shape index (κ1) is 10.2. The fraction of sp³-hybridized carbons (Fsp3) is 0.375. The second kappa shape index (κ2) is 5.68. The minimum atomic E-state index is 0.688. The van der Waals surface area contributed by atoms with E-state index in [1.807, 2.05) is 6.07 Å². The molecule has 0 unspecified atom stereocenters. The molecule has 0 aliphatic heterocycles. The maximum atomic E-state index is 5.89. The number of thioether (sulfide) groups is 1. The van der Waals surface area contributed by atoms with Crippen molar-refractivity contribution in [1.29, 1.82) is 0 Å². The number of pyridine rings is 1. The molecule has 1 heterocycles. The highest BCUT2D eigenvalue weighted by Gasteiger charge is 1.98. The zero-order valence-corrected chi connectivity index (χ0v) is 8.79. The van der Waals surface area contributed by atoms with Gasteiger partial charge in [0.2, 0.25) is 0 Å². The summed E-state index contributed by atoms with van der Waals surface area (Å²) < 4.78 is 0. The summed E-state index contributed by atoms with van der Waals surface area (Å²) in [4.78, 5) is 3.91. The standard InChI is InChI=1S/C8H9Cl2NS/c9-2-4-12-6-7-1-3-11-5-8(7)10/h1,3,5H,2,4,6H2. The molecule has 66 valence electrons. The average molecular weight is 222 g/mol. The van der Waals surface area contributed by atoms with Crippen molar-refractivity contribution in [2.75, 3.05) is 11.6 Å². The third-order valence-corrected chi connectivity index (χ3v) is 3.10. The van der Waals surface area contributed by atoms with Crippen molar-refractivity contribution >= 4 is 35.0 Å². The molecule has 4 heteroatoms. The lowest BCUT2D eigenvalue weighted by molar-refractivity contribution is 1.27. The number of hydrogen-bond donors (Lipinski definition) is 0. The van der Waals surface area contributed by atoms with Crippen molar-refractivity contribution in [3.63, 3.8) is 0 Å². The lowest BCUT2D eigenvalue weighted by atomic mass is 10.3. The Morgan fingerprint density at radius 2 is 2.33 bits per heavy atom. The zero-order chi connectivity index (χ0) is 8.81. The van der Waals surface area contributed by atoms with Gasteiger partial charge in [-0.3, -0.25) is 4.98 Å². The minimum absolute atomic E-state index is 0.688. The molecular weight excluding hydrogens is 213 g/mol. The van der Waals surface area contributed by atoms with E-state index in [9.17, 15) is 0 Å². The lowest BCUT2D eigenvalue weighted by Crippen LogP contribution is -1.86. The molecular formula is C8H9Cl2NS. The highest BCUT2D eigenvalue weighted by Crippen LogP contribution is 2.19. The van der Waals surface area contributed by atoms with Crippen LogP contribution in [0.25, 0.3) is 0 Å². The Hall–Kier alpha value is 0.0800. The summed E-state index contributed by atoms with van der Waals surface area (Å²) in [6.45, 7) is 0. The largest absolute Gasteiger partial charge is 0.263 e. The van der Waals surface area contributed by atoms with Crippen molar-refractivity contribution < 1.29 is 0 Å². The van der Waals surface area contributed by atoms with E-state index in [1.54, 1.807) is 24.2 Å². The topological polar surface area (TPSA) is 12.9 Å². The molecule has 0 bridgehead atoms. The molecule has 0 radical (unpaired) electrons. The van der Waals surface area contributed by atoms with Crippen LogP contribution in [0.4, 0.5) is 0 Å². The number of hydrogen-bond acceptors (Lipinski definition) is 2. The molecule has 1 rings (SSSR count). The van der Waals surface area contributed by atoms with Gasteiger partial charge >= 0.3 is 0 Å². The highest BCUT2D eigenvalue weighted by molar-refractivity contribution is 7.98. The Labute approximate surface area is 86.5 Å². The molecule has 0 aromatic carbocycles. The summed E-state index contributed by atoms with van der Waals surface area (Å²) in [5.41, 5.74) is 1.13. The zero-order valence-electron chi connectivity index (χ0n) is 6.46. The predicted octanol–water partition coefficient (Wildman–Crippen LogP) is 3.21. The van der Waals surface area contributed by atoms with E-state index >= 15 is 0 Å². The fourth-order valence-electron chi connectivity index (χ4n) is 0.758. The molecule has 0 aliphatic carbocycles. The molecule has 1 aromatic rings. The van der Waals surface area contributed by atoms with Gasteiger partial charge in [0.15, 0.2) is 0 Å². The van der Waals surface area contributed by atoms with Gasteiger partial charge in [0, 0.05) is 29.8 Å². The summed E-state index contributed by atoms with van der Waals surface area (Å²) in [7, 11) is 0. The van der Waals surface area contributed by atoms with E-state index < -0.39 is 0 Å². The van der Waals surface area contributed by atoms with Crippen molar-refractivity contribution in [2.45, 2.75) is 5.75 Å². The fourth-order valence-corrected chi connectivity index (χ4v) is 2.08. The Balaban J connectivity index is 2.46. The van der Waals surface area contributed by atoms with Gasteiger partial charge in [0.1, 0.15) is 0 Å². The first-order valence-corrected chi connectivity index (χ1v) is 5.63. The van der Waals surface area contributed by atoms with Gasteiger partial charge in [-0.1, -0.05) is 11.6 Å². The molecule has 0 spiro atoms. The molecule has 0 fully saturated rings. The number of nitrogens with zero attached hydrogens (tertiary/aromatic N) is 1. The van der Waals surface area contributed by atoms with Crippen molar-refractivity contribution in [3.8, 4) is 0 Å². The van der Waals surface area contributed by atoms with Gasteiger partial charge in [-0.15, -0.1) is 11.6 Å². The van der Waals surface area contributed by atoms with E-state index in [0.717, 1.165) is 22.1 Å². The van der Waals surface area contributed by atoms with Crippen LogP contribution in [0.3, 0.4) is 0 Å². The summed E-state index contributed by atoms with van der Waals surface area (Å²) in [5, 5.41) is 0.736. The molecule has 12 heavy (non-hydrogen) atoms. The van der Waals surface area contributed by atoms with Crippen LogP contribution in [0.5, 0.6) is 0 Å². The Morgan fingerprint density at radius 3 is 3.00 bits per heavy atom. The summed E-state index contributed by atoms with van der Waals surface area (Å²) in [6, 6.07) is 1.93. The average Bonchev–Trinajstić information content (AvgIpc) is 2.09. The SMILES string of the molecule is ClCCSCc1ccncc1Cl. The Kier molecular flexibility index (Phi) is 4.81. The highest BCUT2D eigenvalue weighted by atomic mass is 35.5. The Bertz CT molecular complexity index is 242. The van der Waals surface area contributed by atoms with Crippen molar-refractivity contribution in [1.82, 2.24) is 4.98 Å². The van der Waals surface area contributed by atoms with Gasteiger partial charge in [-0.05, 0) is 11.6 Å². The van der Waals surface area contributed by atoms with Crippen LogP contribution in [-0.4, -0.2) is 16.6 Å². The minimum Gasteiger partial charge on any atom is -0.263 e. The van der Waals surface area contributed by atoms with E-state index in [0.29, 0.717) is 5.88 Å². The molecule has 0 amide bonds. The third-order valence-electron chi connectivity index (χ3n) is 1.34. The summed E-state index contributed by atoms with van der Waals surface area (Å²) >= 11 is 13.2. The molecule has 1 aromatic heterocycles. The van der Waals surface area contributed by atoms with Crippen LogP contribution in [0.2, 0.25) is 5.02 Å². The molecule has 0 N–H and O–H groups in total. The second-order valence-corrected chi connectivity index (χ2v) is 4.10. The van der Waals surface area contributed by atoms with E-state index in [2.05, 4.69) is 4.98 Å². The second-order valence-electron chi connectivity index (χ2n) is 2.21. The van der Waals surface area contributed by atoms with Crippen molar-refractivity contribution in [3.05, 3.63) is 29.0 Å². The van der Waals surface area contributed by atoms with Gasteiger partial charge in [0.25, 0.3) is 0 Å². The Morgan fingerprint density at radius 1 is 1.50 bits per heavy atom. The molecule has 0 atom stereocenters. The number of alkyl halides is 1. The first-order chi connectivity index (χ1) is 5.84. The van der Waals surface area contributed by atoms with Gasteiger partial charge in [-0.2, -0.15) is 11.8 Å². The van der Waals surface area contributed by atoms with Gasteiger partial charge in [0.05, 0.1) is 5.02 Å². The summed E-state index contributed by atoms with van der Waals surface area (Å²) in [6.07, 6.45) is 3.42. The third kappa shape index (κ3) is 3.21. The molecule has 0 saturated carbocycles. The van der Waals surface area contributed by atoms with E-state index in [4.69, 9.17) is 23.2 Å². The molecule has 1 nitrogen and oxygen atoms in total. The maximum absolute atomic E-state index is 5.89. The predicted molar refractivity (Wildman–Crippen MR) is 56.1 cm³/mol. The van der Waals surface area contributed by atoms with Crippen LogP contribution in [0.15, 0.2) is 18.5 Å². The monoisotopic (exact) mass is 221 g/mol. The molecule has 0 aliphatic rings. The van der Waals surface area contributed by atoms with E-state index in [-0.39, 0.29) is 0 Å². The van der Waals surface area contributed by atoms with Crippen LogP contribution < -0.4 is 0 Å². The quantitative estimate of drug-likeness (QED) is 0.573. The van der Waals surface area contributed by atoms with Crippen LogP contribution in [0, 0.1) is 0 Å². The summed E-state index contributed by atoms with van der Waals surface area (Å²) in [5.74, 6) is 2.56. The lowest BCUT2D eigenvalue weighted by Gasteiger charge is -2.01. The van der Waals surface area contributed by atoms with Crippen LogP contribution >= 0.6 is 35.0 Å². The number of aromatic nitrogens is 1. The number of rotatable bonds is 4. The van der Waals surface area contributed by atoms with Crippen LogP contribution in [0.1, 0.15) is 5.56 Å². The maximum Gasteiger partial charge on any atom is 0.0629 e. The van der Waals surface area contributed by atoms with Gasteiger partial charge in [-0.25, -0.2) is 0 Å². The van der Waals surface area contributed by atoms with Crippen LogP contribution in [-0.2, 0) is 5.75 Å². The smallest absolute Gasteiger partial charge is 0.0629 e. The first-order valence-electron chi connectivity index (χ1n) is 3.56. The van der Waals surface area contributed by atoms with Crippen molar-refractivity contribution in [2.24, 2.45) is 0 Å². The normalized spacial score (nSPS) is 10.2. The van der Waals surface area contributed by atoms with Gasteiger partial charge < -0.3 is 0 Å².